The summed E-state index contributed by atoms with van der Waals surface area (Å²) in [6.45, 7) is 0.782. The second kappa shape index (κ2) is 4.65. The first-order valence-electron chi connectivity index (χ1n) is 5.53. The summed E-state index contributed by atoms with van der Waals surface area (Å²) < 4.78 is 7.39. The van der Waals surface area contributed by atoms with Crippen molar-refractivity contribution >= 4 is 5.97 Å². The fraction of sp³-hybridized carbons (Fsp3) is 0.636. The van der Waals surface area contributed by atoms with Crippen LogP contribution in [0, 0.1) is 0 Å². The maximum Gasteiger partial charge on any atom is 0.309 e. The van der Waals surface area contributed by atoms with E-state index in [0.717, 1.165) is 31.6 Å². The predicted molar refractivity (Wildman–Crippen MR) is 57.1 cm³/mol. The molecule has 88 valence electrons. The van der Waals surface area contributed by atoms with Crippen molar-refractivity contribution in [2.45, 2.75) is 31.8 Å². The van der Waals surface area contributed by atoms with Gasteiger partial charge < -0.3 is 9.84 Å². The van der Waals surface area contributed by atoms with Crippen molar-refractivity contribution in [3.05, 3.63) is 17.5 Å². The minimum Gasteiger partial charge on any atom is -0.481 e. The molecule has 1 aliphatic rings. The summed E-state index contributed by atoms with van der Waals surface area (Å²) in [4.78, 5) is 10.6. The highest BCUT2D eigenvalue weighted by Crippen LogP contribution is 2.27. The van der Waals surface area contributed by atoms with Crippen LogP contribution in [0.4, 0.5) is 0 Å². The van der Waals surface area contributed by atoms with Crippen molar-refractivity contribution in [1.29, 1.82) is 0 Å². The molecule has 0 aliphatic carbocycles. The smallest absolute Gasteiger partial charge is 0.309 e. The molecule has 0 spiro atoms. The lowest BCUT2D eigenvalue weighted by Crippen LogP contribution is -2.14. The second-order valence-corrected chi connectivity index (χ2v) is 4.11. The molecule has 1 aromatic rings. The molecule has 0 amide bonds. The minimum absolute atomic E-state index is 0.0272. The van der Waals surface area contributed by atoms with E-state index in [1.54, 1.807) is 4.68 Å². The monoisotopic (exact) mass is 224 g/mol. The van der Waals surface area contributed by atoms with Crippen molar-refractivity contribution in [2.24, 2.45) is 7.05 Å². The zero-order valence-corrected chi connectivity index (χ0v) is 9.35. The standard InChI is InChI=1S/C11H16N2O3/c1-13-9(10-4-2-3-5-16-10)6-8(12-13)7-11(14)15/h6,10H,2-5,7H2,1H3,(H,14,15). The molecule has 5 heteroatoms. The lowest BCUT2D eigenvalue weighted by molar-refractivity contribution is -0.136. The number of hydrogen-bond acceptors (Lipinski definition) is 3. The number of aromatic nitrogens is 2. The molecule has 1 atom stereocenters. The molecule has 16 heavy (non-hydrogen) atoms. The molecule has 2 heterocycles. The van der Waals surface area contributed by atoms with Gasteiger partial charge in [-0.05, 0) is 25.3 Å². The molecular weight excluding hydrogens is 208 g/mol. The van der Waals surface area contributed by atoms with Gasteiger partial charge in [0.25, 0.3) is 0 Å². The number of hydrogen-bond donors (Lipinski definition) is 1. The van der Waals surface area contributed by atoms with Crippen molar-refractivity contribution in [2.75, 3.05) is 6.61 Å². The van der Waals surface area contributed by atoms with Gasteiger partial charge in [-0.25, -0.2) is 0 Å². The van der Waals surface area contributed by atoms with Gasteiger partial charge >= 0.3 is 5.97 Å². The average Bonchev–Trinajstić information content (AvgIpc) is 2.60. The molecule has 0 radical (unpaired) electrons. The summed E-state index contributed by atoms with van der Waals surface area (Å²) >= 11 is 0. The molecule has 0 aromatic carbocycles. The van der Waals surface area contributed by atoms with Crippen molar-refractivity contribution < 1.29 is 14.6 Å². The summed E-state index contributed by atoms with van der Waals surface area (Å²) in [6.07, 6.45) is 3.31. The molecule has 2 rings (SSSR count). The van der Waals surface area contributed by atoms with Crippen LogP contribution in [-0.2, 0) is 23.0 Å². The van der Waals surface area contributed by atoms with Gasteiger partial charge in [-0.15, -0.1) is 0 Å². The molecule has 1 aliphatic heterocycles. The molecule has 1 N–H and O–H groups in total. The highest BCUT2D eigenvalue weighted by molar-refractivity contribution is 5.69. The van der Waals surface area contributed by atoms with Crippen LogP contribution in [0.2, 0.25) is 0 Å². The molecule has 1 saturated heterocycles. The van der Waals surface area contributed by atoms with E-state index in [1.807, 2.05) is 13.1 Å². The number of carboxylic acid groups (broad SMARTS) is 1. The first-order valence-corrected chi connectivity index (χ1v) is 5.53. The topological polar surface area (TPSA) is 64.4 Å². The summed E-state index contributed by atoms with van der Waals surface area (Å²) in [7, 11) is 1.83. The molecule has 0 bridgehead atoms. The maximum atomic E-state index is 10.6. The van der Waals surface area contributed by atoms with E-state index < -0.39 is 5.97 Å². The Kier molecular flexibility index (Phi) is 3.24. The number of carbonyl (C=O) groups is 1. The number of rotatable bonds is 3. The number of aliphatic carboxylic acids is 1. The van der Waals surface area contributed by atoms with Crippen molar-refractivity contribution in [3.8, 4) is 0 Å². The van der Waals surface area contributed by atoms with Crippen LogP contribution < -0.4 is 0 Å². The van der Waals surface area contributed by atoms with Gasteiger partial charge in [0.05, 0.1) is 23.9 Å². The van der Waals surface area contributed by atoms with Crippen LogP contribution in [0.3, 0.4) is 0 Å². The molecule has 1 fully saturated rings. The van der Waals surface area contributed by atoms with Crippen molar-refractivity contribution in [1.82, 2.24) is 9.78 Å². The summed E-state index contributed by atoms with van der Waals surface area (Å²) in [6, 6.07) is 1.84. The first kappa shape index (κ1) is 11.1. The third kappa shape index (κ3) is 2.41. The van der Waals surface area contributed by atoms with E-state index in [1.165, 1.54) is 0 Å². The molecular formula is C11H16N2O3. The average molecular weight is 224 g/mol. The Labute approximate surface area is 94.0 Å². The van der Waals surface area contributed by atoms with Gasteiger partial charge in [0.1, 0.15) is 0 Å². The quantitative estimate of drug-likeness (QED) is 0.840. The van der Waals surface area contributed by atoms with Gasteiger partial charge in [0.15, 0.2) is 0 Å². The fourth-order valence-corrected chi connectivity index (χ4v) is 2.06. The highest BCUT2D eigenvalue weighted by Gasteiger charge is 2.20. The van der Waals surface area contributed by atoms with Crippen LogP contribution in [0.15, 0.2) is 6.07 Å². The maximum absolute atomic E-state index is 10.6. The minimum atomic E-state index is -0.853. The van der Waals surface area contributed by atoms with Crippen molar-refractivity contribution in [3.63, 3.8) is 0 Å². The van der Waals surface area contributed by atoms with Gasteiger partial charge in [-0.1, -0.05) is 0 Å². The van der Waals surface area contributed by atoms with E-state index in [2.05, 4.69) is 5.10 Å². The Morgan fingerprint density at radius 3 is 3.12 bits per heavy atom. The SMILES string of the molecule is Cn1nc(CC(=O)O)cc1C1CCCCO1. The lowest BCUT2D eigenvalue weighted by atomic mass is 10.1. The third-order valence-corrected chi connectivity index (χ3v) is 2.81. The number of aryl methyl sites for hydroxylation is 1. The third-order valence-electron chi connectivity index (χ3n) is 2.81. The normalized spacial score (nSPS) is 20.9. The van der Waals surface area contributed by atoms with Gasteiger partial charge in [-0.2, -0.15) is 5.10 Å². The predicted octanol–water partition coefficient (Wildman–Crippen LogP) is 1.29. The van der Waals surface area contributed by atoms with E-state index in [4.69, 9.17) is 9.84 Å². The molecule has 5 nitrogen and oxygen atoms in total. The molecule has 1 unspecified atom stereocenters. The van der Waals surface area contributed by atoms with Gasteiger partial charge in [0, 0.05) is 13.7 Å². The number of ether oxygens (including phenoxy) is 1. The Morgan fingerprint density at radius 2 is 2.50 bits per heavy atom. The summed E-state index contributed by atoms with van der Waals surface area (Å²) in [5.41, 5.74) is 1.58. The first-order chi connectivity index (χ1) is 7.66. The lowest BCUT2D eigenvalue weighted by Gasteiger charge is -2.22. The zero-order chi connectivity index (χ0) is 11.5. The van der Waals surface area contributed by atoms with E-state index in [9.17, 15) is 4.79 Å². The van der Waals surface area contributed by atoms with Crippen LogP contribution in [0.1, 0.15) is 36.8 Å². The number of nitrogens with zero attached hydrogens (tertiary/aromatic N) is 2. The van der Waals surface area contributed by atoms with Crippen LogP contribution in [0.5, 0.6) is 0 Å². The molecule has 1 aromatic heterocycles. The Hall–Kier alpha value is -1.36. The Morgan fingerprint density at radius 1 is 1.69 bits per heavy atom. The highest BCUT2D eigenvalue weighted by atomic mass is 16.5. The summed E-state index contributed by atoms with van der Waals surface area (Å²) in [5, 5.41) is 12.9. The van der Waals surface area contributed by atoms with E-state index in [-0.39, 0.29) is 12.5 Å². The number of carboxylic acids is 1. The Bertz CT molecular complexity index is 381. The van der Waals surface area contributed by atoms with Gasteiger partial charge in [0.2, 0.25) is 0 Å². The Balaban J connectivity index is 2.13. The fourth-order valence-electron chi connectivity index (χ4n) is 2.06. The van der Waals surface area contributed by atoms with Crippen LogP contribution in [-0.4, -0.2) is 27.5 Å². The largest absolute Gasteiger partial charge is 0.481 e. The zero-order valence-electron chi connectivity index (χ0n) is 9.35. The molecule has 0 saturated carbocycles. The van der Waals surface area contributed by atoms with Crippen LogP contribution in [0.25, 0.3) is 0 Å². The van der Waals surface area contributed by atoms with Gasteiger partial charge in [-0.3, -0.25) is 9.48 Å². The van der Waals surface area contributed by atoms with E-state index >= 15 is 0 Å². The second-order valence-electron chi connectivity index (χ2n) is 4.11. The summed E-state index contributed by atoms with van der Waals surface area (Å²) in [5.74, 6) is -0.853. The van der Waals surface area contributed by atoms with E-state index in [0.29, 0.717) is 5.69 Å². The van der Waals surface area contributed by atoms with Crippen LogP contribution >= 0.6 is 0 Å².